The highest BCUT2D eigenvalue weighted by atomic mass is 14.9. The minimum absolute atomic E-state index is 0.667. The van der Waals surface area contributed by atoms with Crippen molar-refractivity contribution in [2.75, 3.05) is 0 Å². The lowest BCUT2D eigenvalue weighted by Gasteiger charge is -2.15. The van der Waals surface area contributed by atoms with Gasteiger partial charge in [-0.2, -0.15) is 0 Å². The molecule has 0 aliphatic heterocycles. The summed E-state index contributed by atoms with van der Waals surface area (Å²) in [5, 5.41) is 0. The van der Waals surface area contributed by atoms with Crippen LogP contribution in [0.3, 0.4) is 0 Å². The predicted molar refractivity (Wildman–Crippen MR) is 249 cm³/mol. The van der Waals surface area contributed by atoms with Gasteiger partial charge < -0.3 is 0 Å². The van der Waals surface area contributed by atoms with E-state index in [-0.39, 0.29) is 0 Å². The number of aromatic nitrogens is 3. The molecule has 8 aromatic carbocycles. The van der Waals surface area contributed by atoms with Crippen molar-refractivity contribution in [3.8, 4) is 101 Å². The third-order valence-corrected chi connectivity index (χ3v) is 11.0. The molecular weight excluding hydrogens is 727 g/mol. The monoisotopic (exact) mass is 765 g/mol. The molecule has 0 saturated heterocycles. The molecule has 0 N–H and O–H groups in total. The maximum absolute atomic E-state index is 5.35. The molecule has 0 unspecified atom stereocenters. The summed E-state index contributed by atoms with van der Waals surface area (Å²) in [6, 6.07) is 79.4. The molecule has 0 saturated carbocycles. The molecule has 282 valence electrons. The van der Waals surface area contributed by atoms with Gasteiger partial charge in [-0.15, -0.1) is 0 Å². The van der Waals surface area contributed by atoms with Crippen molar-refractivity contribution >= 4 is 0 Å². The fourth-order valence-electron chi connectivity index (χ4n) is 7.82. The zero-order valence-electron chi connectivity index (χ0n) is 32.9. The molecule has 0 aliphatic carbocycles. The van der Waals surface area contributed by atoms with Gasteiger partial charge in [0.05, 0.1) is 11.4 Å². The van der Waals surface area contributed by atoms with Gasteiger partial charge in [0.2, 0.25) is 0 Å². The van der Waals surface area contributed by atoms with E-state index in [2.05, 4.69) is 211 Å². The summed E-state index contributed by atoms with van der Waals surface area (Å²) in [5.74, 6) is 0.667. The van der Waals surface area contributed by atoms with Crippen LogP contribution in [0.5, 0.6) is 0 Å². The van der Waals surface area contributed by atoms with Crippen LogP contribution in [0.2, 0.25) is 0 Å². The van der Waals surface area contributed by atoms with Crippen LogP contribution in [-0.4, -0.2) is 15.0 Å². The molecule has 0 aliphatic rings. The van der Waals surface area contributed by atoms with Crippen molar-refractivity contribution in [3.63, 3.8) is 0 Å². The van der Waals surface area contributed by atoms with Crippen LogP contribution in [-0.2, 0) is 0 Å². The van der Waals surface area contributed by atoms with Crippen molar-refractivity contribution in [2.45, 2.75) is 0 Å². The Bertz CT molecular complexity index is 2830. The Labute approximate surface area is 351 Å². The fourth-order valence-corrected chi connectivity index (χ4v) is 7.82. The Hall–Kier alpha value is -8.01. The van der Waals surface area contributed by atoms with Crippen LogP contribution in [0.25, 0.3) is 101 Å². The number of rotatable bonds is 9. The van der Waals surface area contributed by atoms with E-state index < -0.39 is 0 Å². The normalized spacial score (nSPS) is 11.0. The van der Waals surface area contributed by atoms with E-state index in [1.807, 2.05) is 30.6 Å². The summed E-state index contributed by atoms with van der Waals surface area (Å²) < 4.78 is 0. The van der Waals surface area contributed by atoms with Gasteiger partial charge in [-0.3, -0.25) is 4.98 Å². The van der Waals surface area contributed by atoms with Crippen molar-refractivity contribution in [1.29, 1.82) is 0 Å². The standard InChI is InChI=1S/C57H39N3/c1-4-12-40(13-5-1)43-22-26-46(27-23-43)55-39-56(60-57(59-55)47-28-24-44(25-29-47)45-30-32-58-33-31-45)54-37-52(50-20-10-18-48(34-50)41-14-6-2-7-15-41)36-53(38-54)51-21-11-19-49(35-51)42-16-8-3-9-17-42/h1-39H. The average Bonchev–Trinajstić information content (AvgIpc) is 3.35. The fraction of sp³-hybridized carbons (Fsp3) is 0. The predicted octanol–water partition coefficient (Wildman–Crippen LogP) is 14.9. The van der Waals surface area contributed by atoms with E-state index in [0.717, 1.165) is 67.0 Å². The smallest absolute Gasteiger partial charge is 0.160 e. The maximum atomic E-state index is 5.35. The van der Waals surface area contributed by atoms with Gasteiger partial charge in [-0.05, 0) is 115 Å². The Morgan fingerprint density at radius 1 is 0.200 bits per heavy atom. The summed E-state index contributed by atoms with van der Waals surface area (Å²) in [6.45, 7) is 0. The molecule has 0 atom stereocenters. The molecule has 0 fully saturated rings. The van der Waals surface area contributed by atoms with Crippen molar-refractivity contribution in [1.82, 2.24) is 15.0 Å². The molecule has 2 heterocycles. The third kappa shape index (κ3) is 7.80. The summed E-state index contributed by atoms with van der Waals surface area (Å²) in [5.41, 5.74) is 18.5. The van der Waals surface area contributed by atoms with Gasteiger partial charge in [0.1, 0.15) is 0 Å². The SMILES string of the molecule is c1ccc(-c2ccc(-c3cc(-c4cc(-c5cccc(-c6ccccc6)c5)cc(-c5cccc(-c6ccccc6)c5)c4)nc(-c4ccc(-c5ccncc5)cc4)n3)cc2)cc1. The number of hydrogen-bond donors (Lipinski definition) is 0. The highest BCUT2D eigenvalue weighted by Gasteiger charge is 2.15. The van der Waals surface area contributed by atoms with Gasteiger partial charge in [0.15, 0.2) is 5.82 Å². The Morgan fingerprint density at radius 3 is 1.00 bits per heavy atom. The lowest BCUT2D eigenvalue weighted by Crippen LogP contribution is -1.97. The highest BCUT2D eigenvalue weighted by Crippen LogP contribution is 2.37. The van der Waals surface area contributed by atoms with Crippen LogP contribution >= 0.6 is 0 Å². The first-order valence-corrected chi connectivity index (χ1v) is 20.2. The first-order valence-electron chi connectivity index (χ1n) is 20.2. The van der Waals surface area contributed by atoms with Crippen LogP contribution in [0, 0.1) is 0 Å². The first kappa shape index (κ1) is 36.3. The zero-order valence-corrected chi connectivity index (χ0v) is 32.9. The molecule has 60 heavy (non-hydrogen) atoms. The van der Waals surface area contributed by atoms with Crippen LogP contribution in [0.1, 0.15) is 0 Å². The molecule has 0 amide bonds. The number of nitrogens with zero attached hydrogens (tertiary/aromatic N) is 3. The minimum Gasteiger partial charge on any atom is -0.265 e. The second-order valence-electron chi connectivity index (χ2n) is 14.9. The van der Waals surface area contributed by atoms with E-state index in [9.17, 15) is 0 Å². The second-order valence-corrected chi connectivity index (χ2v) is 14.9. The third-order valence-electron chi connectivity index (χ3n) is 11.0. The van der Waals surface area contributed by atoms with Gasteiger partial charge in [0.25, 0.3) is 0 Å². The Morgan fingerprint density at radius 2 is 0.517 bits per heavy atom. The first-order chi connectivity index (χ1) is 29.7. The molecule has 2 aromatic heterocycles. The van der Waals surface area contributed by atoms with Gasteiger partial charge in [-0.1, -0.05) is 176 Å². The van der Waals surface area contributed by atoms with Gasteiger partial charge in [0, 0.05) is 29.1 Å². The van der Waals surface area contributed by atoms with E-state index in [0.29, 0.717) is 5.82 Å². The Balaban J connectivity index is 1.14. The maximum Gasteiger partial charge on any atom is 0.160 e. The molecule has 0 spiro atoms. The lowest BCUT2D eigenvalue weighted by atomic mass is 9.92. The zero-order chi connectivity index (χ0) is 40.1. The van der Waals surface area contributed by atoms with Gasteiger partial charge in [-0.25, -0.2) is 9.97 Å². The molecule has 10 rings (SSSR count). The Kier molecular flexibility index (Phi) is 9.97. The molecule has 0 bridgehead atoms. The minimum atomic E-state index is 0.667. The van der Waals surface area contributed by atoms with Crippen LogP contribution in [0.15, 0.2) is 237 Å². The summed E-state index contributed by atoms with van der Waals surface area (Å²) in [4.78, 5) is 14.8. The summed E-state index contributed by atoms with van der Waals surface area (Å²) >= 11 is 0. The molecule has 3 heteroatoms. The van der Waals surface area contributed by atoms with Crippen molar-refractivity contribution in [2.24, 2.45) is 0 Å². The van der Waals surface area contributed by atoms with E-state index >= 15 is 0 Å². The molecule has 10 aromatic rings. The number of pyridine rings is 1. The number of benzene rings is 8. The number of hydrogen-bond acceptors (Lipinski definition) is 3. The largest absolute Gasteiger partial charge is 0.265 e. The van der Waals surface area contributed by atoms with Crippen LogP contribution < -0.4 is 0 Å². The van der Waals surface area contributed by atoms with E-state index in [4.69, 9.17) is 9.97 Å². The average molecular weight is 766 g/mol. The highest BCUT2D eigenvalue weighted by molar-refractivity contribution is 5.85. The van der Waals surface area contributed by atoms with E-state index in [1.54, 1.807) is 0 Å². The quantitative estimate of drug-likeness (QED) is 0.147. The molecule has 3 nitrogen and oxygen atoms in total. The lowest BCUT2D eigenvalue weighted by molar-refractivity contribution is 1.18. The van der Waals surface area contributed by atoms with Gasteiger partial charge >= 0.3 is 0 Å². The second kappa shape index (κ2) is 16.5. The summed E-state index contributed by atoms with van der Waals surface area (Å²) in [6.07, 6.45) is 3.65. The van der Waals surface area contributed by atoms with Crippen molar-refractivity contribution < 1.29 is 0 Å². The topological polar surface area (TPSA) is 38.7 Å². The van der Waals surface area contributed by atoms with E-state index in [1.165, 1.54) is 27.8 Å². The molecular formula is C57H39N3. The molecule has 0 radical (unpaired) electrons. The van der Waals surface area contributed by atoms with Crippen molar-refractivity contribution in [3.05, 3.63) is 237 Å². The summed E-state index contributed by atoms with van der Waals surface area (Å²) in [7, 11) is 0. The van der Waals surface area contributed by atoms with Crippen LogP contribution in [0.4, 0.5) is 0 Å².